The van der Waals surface area contributed by atoms with Gasteiger partial charge in [0.05, 0.1) is 24.1 Å². The Bertz CT molecular complexity index is 951. The Kier molecular flexibility index (Phi) is 7.35. The normalized spacial score (nSPS) is 42.5. The Morgan fingerprint density at radius 2 is 1.73 bits per heavy atom. The molecule has 0 aromatic heterocycles. The van der Waals surface area contributed by atoms with E-state index < -0.39 is 10.0 Å². The lowest BCUT2D eigenvalue weighted by Gasteiger charge is -2.63. The highest BCUT2D eigenvalue weighted by atomic mass is 32.2. The largest absolute Gasteiger partial charge is 0.378 e. The van der Waals surface area contributed by atoms with Crippen molar-refractivity contribution < 1.29 is 22.6 Å². The van der Waals surface area contributed by atoms with Gasteiger partial charge in [0.15, 0.2) is 6.29 Å². The lowest BCUT2D eigenvalue weighted by atomic mass is 9.46. The summed E-state index contributed by atoms with van der Waals surface area (Å²) in [6.07, 6.45) is 14.6. The van der Waals surface area contributed by atoms with Crippen molar-refractivity contribution in [2.24, 2.45) is 28.6 Å². The standard InChI is InChI=1S/C30H49NO5S/c1-21-8-11-26-29(2,16-12-27-30(26,3)20-35-28(36-27)22-6-4-5-7-22)25(21)15-19-34-23-13-17-31(18-14-23)37(32,33)24-9-10-24/h22-28H,1,4-20H2,2-3H3/t25-,26?,27-,28-,29+,30+/m1/s1. The molecule has 2 heterocycles. The van der Waals surface area contributed by atoms with Crippen LogP contribution in [0.3, 0.4) is 0 Å². The van der Waals surface area contributed by atoms with Crippen molar-refractivity contribution in [2.75, 3.05) is 26.3 Å². The number of rotatable bonds is 7. The van der Waals surface area contributed by atoms with Crippen LogP contribution >= 0.6 is 0 Å². The van der Waals surface area contributed by atoms with Crippen molar-refractivity contribution in [1.82, 2.24) is 4.31 Å². The number of allylic oxidation sites excluding steroid dienone is 1. The van der Waals surface area contributed by atoms with E-state index in [1.165, 1.54) is 44.1 Å². The Morgan fingerprint density at radius 3 is 2.43 bits per heavy atom. The topological polar surface area (TPSA) is 65.1 Å². The number of hydrogen-bond donors (Lipinski definition) is 0. The smallest absolute Gasteiger partial charge is 0.216 e. The van der Waals surface area contributed by atoms with Gasteiger partial charge >= 0.3 is 0 Å². The second-order valence-corrected chi connectivity index (χ2v) is 15.9. The molecule has 210 valence electrons. The summed E-state index contributed by atoms with van der Waals surface area (Å²) in [6.45, 7) is 12.3. The number of nitrogens with zero attached hydrogens (tertiary/aromatic N) is 1. The lowest BCUT2D eigenvalue weighted by molar-refractivity contribution is -0.316. The number of piperidine rings is 1. The number of sulfonamides is 1. The van der Waals surface area contributed by atoms with Gasteiger partial charge in [0.1, 0.15) is 0 Å². The molecule has 0 amide bonds. The van der Waals surface area contributed by atoms with Crippen molar-refractivity contribution in [1.29, 1.82) is 0 Å². The van der Waals surface area contributed by atoms with Crippen molar-refractivity contribution in [3.8, 4) is 0 Å². The number of fused-ring (bicyclic) bond motifs is 3. The van der Waals surface area contributed by atoms with Crippen molar-refractivity contribution in [3.05, 3.63) is 12.2 Å². The first kappa shape index (κ1) is 26.7. The summed E-state index contributed by atoms with van der Waals surface area (Å²) >= 11 is 0. The summed E-state index contributed by atoms with van der Waals surface area (Å²) in [7, 11) is -3.06. The highest BCUT2D eigenvalue weighted by molar-refractivity contribution is 7.90. The Labute approximate surface area is 224 Å². The summed E-state index contributed by atoms with van der Waals surface area (Å²) < 4.78 is 46.4. The fraction of sp³-hybridized carbons (Fsp3) is 0.933. The lowest BCUT2D eigenvalue weighted by Crippen LogP contribution is -2.62. The van der Waals surface area contributed by atoms with E-state index >= 15 is 0 Å². The molecule has 7 heteroatoms. The van der Waals surface area contributed by atoms with Crippen LogP contribution in [0.25, 0.3) is 0 Å². The van der Waals surface area contributed by atoms with Crippen LogP contribution in [-0.2, 0) is 24.2 Å². The third-order valence-corrected chi connectivity index (χ3v) is 13.8. The fourth-order valence-corrected chi connectivity index (χ4v) is 10.9. The van der Waals surface area contributed by atoms with Gasteiger partial charge in [-0.25, -0.2) is 12.7 Å². The minimum atomic E-state index is -3.06. The minimum Gasteiger partial charge on any atom is -0.378 e. The first-order valence-corrected chi connectivity index (χ1v) is 16.8. The molecule has 37 heavy (non-hydrogen) atoms. The molecule has 6 atom stereocenters. The number of hydrogen-bond acceptors (Lipinski definition) is 5. The van der Waals surface area contributed by atoms with E-state index in [2.05, 4.69) is 20.4 Å². The maximum absolute atomic E-state index is 12.5. The Balaban J connectivity index is 1.05. The van der Waals surface area contributed by atoms with Gasteiger partial charge in [-0.15, -0.1) is 0 Å². The van der Waals surface area contributed by atoms with E-state index in [1.54, 1.807) is 4.31 Å². The Hall–Kier alpha value is -0.470. The van der Waals surface area contributed by atoms with E-state index in [9.17, 15) is 8.42 Å². The molecule has 1 unspecified atom stereocenters. The third kappa shape index (κ3) is 4.87. The van der Waals surface area contributed by atoms with Gasteiger partial charge in [0.2, 0.25) is 10.0 Å². The van der Waals surface area contributed by atoms with E-state index in [0.717, 1.165) is 58.2 Å². The molecular formula is C30H49NO5S. The molecule has 0 N–H and O–H groups in total. The van der Waals surface area contributed by atoms with Gasteiger partial charge in [-0.1, -0.05) is 38.8 Å². The summed E-state index contributed by atoms with van der Waals surface area (Å²) in [6, 6.07) is 0. The summed E-state index contributed by atoms with van der Waals surface area (Å²) in [4.78, 5) is 0. The van der Waals surface area contributed by atoms with E-state index in [0.29, 0.717) is 36.9 Å². The maximum Gasteiger partial charge on any atom is 0.216 e. The molecule has 4 saturated carbocycles. The summed E-state index contributed by atoms with van der Waals surface area (Å²) in [5.41, 5.74) is 1.68. The molecule has 6 fully saturated rings. The van der Waals surface area contributed by atoms with E-state index in [1.807, 2.05) is 0 Å². The third-order valence-electron chi connectivity index (χ3n) is 11.4. The van der Waals surface area contributed by atoms with Gasteiger partial charge in [0, 0.05) is 31.0 Å². The van der Waals surface area contributed by atoms with Crippen molar-refractivity contribution in [3.63, 3.8) is 0 Å². The molecule has 6 nitrogen and oxygen atoms in total. The molecular weight excluding hydrogens is 486 g/mol. The molecule has 0 aromatic carbocycles. The molecule has 0 bridgehead atoms. The van der Waals surface area contributed by atoms with Gasteiger partial charge in [-0.3, -0.25) is 0 Å². The molecule has 0 radical (unpaired) electrons. The average molecular weight is 536 g/mol. The van der Waals surface area contributed by atoms with E-state index in [-0.39, 0.29) is 28.5 Å². The maximum atomic E-state index is 12.5. The molecule has 6 aliphatic rings. The van der Waals surface area contributed by atoms with Crippen LogP contribution in [0.15, 0.2) is 12.2 Å². The van der Waals surface area contributed by atoms with Gasteiger partial charge in [0.25, 0.3) is 0 Å². The highest BCUT2D eigenvalue weighted by Gasteiger charge is 2.60. The summed E-state index contributed by atoms with van der Waals surface area (Å²) in [5, 5.41) is -0.110. The van der Waals surface area contributed by atoms with Crippen LogP contribution in [-0.4, -0.2) is 62.8 Å². The van der Waals surface area contributed by atoms with Crippen molar-refractivity contribution >= 4 is 10.0 Å². The fourth-order valence-electron chi connectivity index (χ4n) is 9.04. The molecule has 0 spiro atoms. The predicted octanol–water partition coefficient (Wildman–Crippen LogP) is 5.67. The van der Waals surface area contributed by atoms with Crippen LogP contribution in [0.1, 0.15) is 97.3 Å². The first-order chi connectivity index (χ1) is 17.7. The zero-order valence-electron chi connectivity index (χ0n) is 23.2. The van der Waals surface area contributed by atoms with Gasteiger partial charge < -0.3 is 14.2 Å². The second-order valence-electron chi connectivity index (χ2n) is 13.7. The number of ether oxygens (including phenoxy) is 3. The molecule has 4 aliphatic carbocycles. The molecule has 2 saturated heterocycles. The van der Waals surface area contributed by atoms with E-state index in [4.69, 9.17) is 14.2 Å². The molecule has 6 rings (SSSR count). The minimum absolute atomic E-state index is 0.0124. The van der Waals surface area contributed by atoms with Crippen LogP contribution in [0.2, 0.25) is 0 Å². The first-order valence-electron chi connectivity index (χ1n) is 15.3. The molecule has 2 aliphatic heterocycles. The van der Waals surface area contributed by atoms with Crippen LogP contribution in [0.4, 0.5) is 0 Å². The monoisotopic (exact) mass is 535 g/mol. The molecule has 0 aromatic rings. The predicted molar refractivity (Wildman–Crippen MR) is 144 cm³/mol. The average Bonchev–Trinajstić information content (AvgIpc) is 3.61. The summed E-state index contributed by atoms with van der Waals surface area (Å²) in [5.74, 6) is 1.64. The zero-order valence-corrected chi connectivity index (χ0v) is 24.0. The second kappa shape index (κ2) is 10.2. The Morgan fingerprint density at radius 1 is 1.00 bits per heavy atom. The highest BCUT2D eigenvalue weighted by Crippen LogP contribution is 2.63. The van der Waals surface area contributed by atoms with Crippen LogP contribution < -0.4 is 0 Å². The van der Waals surface area contributed by atoms with Gasteiger partial charge in [-0.2, -0.15) is 0 Å². The van der Waals surface area contributed by atoms with Crippen LogP contribution in [0, 0.1) is 28.6 Å². The zero-order chi connectivity index (χ0) is 25.8. The van der Waals surface area contributed by atoms with Gasteiger partial charge in [-0.05, 0) is 87.9 Å². The van der Waals surface area contributed by atoms with Crippen molar-refractivity contribution in [2.45, 2.75) is 121 Å². The quantitative estimate of drug-likeness (QED) is 0.393. The van der Waals surface area contributed by atoms with Crippen LogP contribution in [0.5, 0.6) is 0 Å². The SMILES string of the molecule is C=C1CCC2[C@]3(C)CO[C@@H](C4CCCC4)O[C@@H]3CC[C@@]2(C)[C@@H]1CCOC1CCN(S(=O)(=O)C2CC2)CC1.